The molecular formula is C13H11N2OS2+. The highest BCUT2D eigenvalue weighted by Gasteiger charge is 2.16. The Morgan fingerprint density at radius 2 is 2.06 bits per heavy atom. The summed E-state index contributed by atoms with van der Waals surface area (Å²) in [4.78, 5) is 1.01. The third-order valence-corrected chi connectivity index (χ3v) is 4.33. The van der Waals surface area contributed by atoms with Crippen molar-refractivity contribution in [1.29, 1.82) is 0 Å². The molecular weight excluding hydrogens is 264 g/mol. The van der Waals surface area contributed by atoms with Gasteiger partial charge in [0.15, 0.2) is 5.76 Å². The summed E-state index contributed by atoms with van der Waals surface area (Å²) in [5.74, 6) is 0.225. The minimum atomic E-state index is 0.225. The van der Waals surface area contributed by atoms with Crippen LogP contribution in [0.2, 0.25) is 0 Å². The second-order valence-electron chi connectivity index (χ2n) is 4.01. The number of aromatic nitrogens is 2. The van der Waals surface area contributed by atoms with Crippen molar-refractivity contribution in [3.05, 3.63) is 57.5 Å². The van der Waals surface area contributed by atoms with Gasteiger partial charge in [0.05, 0.1) is 7.05 Å². The molecule has 0 spiro atoms. The highest BCUT2D eigenvalue weighted by molar-refractivity contribution is 7.73. The van der Waals surface area contributed by atoms with E-state index in [0.29, 0.717) is 9.17 Å². The van der Waals surface area contributed by atoms with Crippen LogP contribution >= 0.6 is 23.6 Å². The lowest BCUT2D eigenvalue weighted by atomic mass is 10.2. The van der Waals surface area contributed by atoms with Crippen LogP contribution in [0.15, 0.2) is 42.7 Å². The second-order valence-corrected chi connectivity index (χ2v) is 5.66. The summed E-state index contributed by atoms with van der Waals surface area (Å²) in [6, 6.07) is 9.46. The molecule has 0 aliphatic carbocycles. The monoisotopic (exact) mass is 275 g/mol. The lowest BCUT2D eigenvalue weighted by molar-refractivity contribution is -0.642. The Morgan fingerprint density at radius 1 is 1.33 bits per heavy atom. The van der Waals surface area contributed by atoms with Gasteiger partial charge >= 0.3 is 4.96 Å². The maximum Gasteiger partial charge on any atom is 0.347 e. The topological polar surface area (TPSA) is 28.5 Å². The Balaban J connectivity index is 2.44. The van der Waals surface area contributed by atoms with Gasteiger partial charge in [0, 0.05) is 5.56 Å². The average Bonchev–Trinajstić information content (AvgIpc) is 2.89. The van der Waals surface area contributed by atoms with Crippen LogP contribution in [0.25, 0.3) is 10.7 Å². The van der Waals surface area contributed by atoms with E-state index >= 15 is 0 Å². The van der Waals surface area contributed by atoms with Crippen molar-refractivity contribution < 1.29 is 9.67 Å². The molecule has 0 fully saturated rings. The lowest BCUT2D eigenvalue weighted by Crippen LogP contribution is -2.25. The summed E-state index contributed by atoms with van der Waals surface area (Å²) < 4.78 is 4.61. The first-order chi connectivity index (χ1) is 8.68. The summed E-state index contributed by atoms with van der Waals surface area (Å²) in [7, 11) is 1.96. The summed E-state index contributed by atoms with van der Waals surface area (Å²) >= 11 is 6.84. The second kappa shape index (κ2) is 4.19. The van der Waals surface area contributed by atoms with E-state index in [-0.39, 0.29) is 5.76 Å². The molecule has 2 heterocycles. The van der Waals surface area contributed by atoms with Gasteiger partial charge in [-0.1, -0.05) is 42.5 Å². The highest BCUT2D eigenvalue weighted by atomic mass is 32.1. The number of hydrogen-bond donors (Lipinski definition) is 1. The van der Waals surface area contributed by atoms with Crippen LogP contribution in [0.3, 0.4) is 0 Å². The first kappa shape index (κ1) is 11.4. The van der Waals surface area contributed by atoms with Crippen LogP contribution < -0.4 is 9.92 Å². The molecule has 18 heavy (non-hydrogen) atoms. The molecule has 1 aromatic carbocycles. The number of fused-ring (bicyclic) bond motifs is 1. The quantitative estimate of drug-likeness (QED) is 0.543. The van der Waals surface area contributed by atoms with E-state index in [9.17, 15) is 5.11 Å². The number of rotatable bonds is 1. The number of nitrogens with zero attached hydrogens (tertiary/aromatic N) is 2. The molecule has 0 unspecified atom stereocenters. The fraction of sp³-hybridized carbons (Fsp3) is 0.0769. The maximum atomic E-state index is 10.4. The molecule has 0 amide bonds. The Labute approximate surface area is 113 Å². The Morgan fingerprint density at radius 3 is 2.78 bits per heavy atom. The first-order valence-corrected chi connectivity index (χ1v) is 6.69. The predicted octanol–water partition coefficient (Wildman–Crippen LogP) is 1.99. The molecule has 90 valence electrons. The maximum absolute atomic E-state index is 10.4. The number of aliphatic hydroxyl groups is 1. The van der Waals surface area contributed by atoms with Gasteiger partial charge in [0.25, 0.3) is 0 Å². The Bertz CT molecular complexity index is 818. The van der Waals surface area contributed by atoms with Gasteiger partial charge < -0.3 is 5.11 Å². The van der Waals surface area contributed by atoms with Crippen molar-refractivity contribution in [2.45, 2.75) is 0 Å². The summed E-state index contributed by atoms with van der Waals surface area (Å²) in [6.45, 7) is 0. The molecule has 0 saturated carbocycles. The average molecular weight is 275 g/mol. The number of aliphatic hydroxyl groups excluding tert-OH is 1. The van der Waals surface area contributed by atoms with Crippen molar-refractivity contribution in [2.24, 2.45) is 7.05 Å². The van der Waals surface area contributed by atoms with Crippen molar-refractivity contribution in [3.63, 3.8) is 0 Å². The third kappa shape index (κ3) is 1.63. The molecule has 3 rings (SSSR count). The van der Waals surface area contributed by atoms with Crippen LogP contribution in [-0.2, 0) is 7.05 Å². The largest absolute Gasteiger partial charge is 0.503 e. The molecule has 0 aliphatic rings. The molecule has 3 aromatic rings. The van der Waals surface area contributed by atoms with Crippen molar-refractivity contribution in [1.82, 2.24) is 4.40 Å². The number of thiazole rings is 1. The van der Waals surface area contributed by atoms with Crippen molar-refractivity contribution in [2.75, 3.05) is 0 Å². The van der Waals surface area contributed by atoms with Crippen LogP contribution in [-0.4, -0.2) is 9.51 Å². The molecule has 0 bridgehead atoms. The zero-order valence-corrected chi connectivity index (χ0v) is 11.3. The van der Waals surface area contributed by atoms with Crippen LogP contribution in [0.4, 0.5) is 0 Å². The van der Waals surface area contributed by atoms with Crippen molar-refractivity contribution >= 4 is 34.3 Å². The number of benzene rings is 1. The molecule has 0 aliphatic heterocycles. The van der Waals surface area contributed by atoms with E-state index in [1.807, 2.05) is 58.7 Å². The van der Waals surface area contributed by atoms with E-state index in [2.05, 4.69) is 0 Å². The van der Waals surface area contributed by atoms with Crippen molar-refractivity contribution in [3.8, 4) is 0 Å². The van der Waals surface area contributed by atoms with Crippen LogP contribution in [0.5, 0.6) is 0 Å². The number of hydrogen-bond acceptors (Lipinski definition) is 3. The minimum absolute atomic E-state index is 0.225. The van der Waals surface area contributed by atoms with Crippen LogP contribution in [0, 0.1) is 3.82 Å². The molecule has 0 atom stereocenters. The van der Waals surface area contributed by atoms with Crippen LogP contribution in [0.1, 0.15) is 5.56 Å². The lowest BCUT2D eigenvalue weighted by Gasteiger charge is -1.96. The smallest absolute Gasteiger partial charge is 0.347 e. The SMILES string of the molecule is C[n+]1ccn2/c(=C(\O)c3ccccc3)c(=S)sc21. The Kier molecular flexibility index (Phi) is 2.65. The van der Waals surface area contributed by atoms with Gasteiger partial charge in [-0.2, -0.15) is 4.40 Å². The van der Waals surface area contributed by atoms with E-state index in [0.717, 1.165) is 10.5 Å². The molecule has 2 aromatic heterocycles. The normalized spacial score (nSPS) is 12.9. The standard InChI is InChI=1S/C13H10N2OS2/c1-14-7-8-15-10(12(17)18-13(14)15)11(16)9-5-3-2-4-6-9/h2-8H,1H3/p+1. The summed E-state index contributed by atoms with van der Waals surface area (Å²) in [5, 5.41) is 11.1. The molecule has 3 nitrogen and oxygen atoms in total. The fourth-order valence-electron chi connectivity index (χ4n) is 1.93. The van der Waals surface area contributed by atoms with E-state index < -0.39 is 0 Å². The van der Waals surface area contributed by atoms with Gasteiger partial charge in [0.1, 0.15) is 16.2 Å². The molecule has 0 saturated heterocycles. The fourth-order valence-corrected chi connectivity index (χ4v) is 3.26. The van der Waals surface area contributed by atoms with E-state index in [1.165, 1.54) is 11.3 Å². The molecule has 1 N–H and O–H groups in total. The summed E-state index contributed by atoms with van der Waals surface area (Å²) in [5.41, 5.74) is 0.777. The van der Waals surface area contributed by atoms with Gasteiger partial charge in [-0.05, 0) is 11.3 Å². The zero-order valence-electron chi connectivity index (χ0n) is 9.70. The van der Waals surface area contributed by atoms with E-state index in [1.54, 1.807) is 0 Å². The third-order valence-electron chi connectivity index (χ3n) is 2.84. The van der Waals surface area contributed by atoms with Gasteiger partial charge in [-0.15, -0.1) is 0 Å². The predicted molar refractivity (Wildman–Crippen MR) is 74.1 cm³/mol. The number of imidazole rings is 1. The van der Waals surface area contributed by atoms with Gasteiger partial charge in [-0.25, -0.2) is 4.57 Å². The molecule has 5 heteroatoms. The van der Waals surface area contributed by atoms with E-state index in [4.69, 9.17) is 12.2 Å². The minimum Gasteiger partial charge on any atom is -0.503 e. The Hall–Kier alpha value is -1.72. The molecule has 0 radical (unpaired) electrons. The summed E-state index contributed by atoms with van der Waals surface area (Å²) in [6.07, 6.45) is 3.86. The zero-order chi connectivity index (χ0) is 12.7. The highest BCUT2D eigenvalue weighted by Crippen LogP contribution is 2.11. The number of aryl methyl sites for hydroxylation is 1. The first-order valence-electron chi connectivity index (χ1n) is 5.46. The van der Waals surface area contributed by atoms with Gasteiger partial charge in [0.2, 0.25) is 5.35 Å². The van der Waals surface area contributed by atoms with Gasteiger partial charge in [-0.3, -0.25) is 0 Å².